The Kier molecular flexibility index (Phi) is 5.59. The molecule has 2 rings (SSSR count). The predicted molar refractivity (Wildman–Crippen MR) is 87.8 cm³/mol. The van der Waals surface area contributed by atoms with Crippen LogP contribution < -0.4 is 14.9 Å². The minimum atomic E-state index is -3.30. The molecule has 0 radical (unpaired) electrons. The van der Waals surface area contributed by atoms with E-state index in [0.717, 1.165) is 6.42 Å². The summed E-state index contributed by atoms with van der Waals surface area (Å²) in [5.74, 6) is -0.316. The van der Waals surface area contributed by atoms with Crippen molar-refractivity contribution in [1.82, 2.24) is 10.6 Å². The van der Waals surface area contributed by atoms with E-state index < -0.39 is 10.0 Å². The first-order valence-electron chi connectivity index (χ1n) is 7.53. The van der Waals surface area contributed by atoms with E-state index in [1.54, 1.807) is 24.3 Å². The Morgan fingerprint density at radius 3 is 2.61 bits per heavy atom. The maximum absolute atomic E-state index is 12.1. The molecule has 8 heteroatoms. The first kappa shape index (κ1) is 17.3. The fourth-order valence-corrected chi connectivity index (χ4v) is 4.03. The summed E-state index contributed by atoms with van der Waals surface area (Å²) in [6.45, 7) is 2.51. The van der Waals surface area contributed by atoms with Crippen molar-refractivity contribution in [3.63, 3.8) is 0 Å². The van der Waals surface area contributed by atoms with Crippen molar-refractivity contribution in [3.8, 4) is 0 Å². The average Bonchev–Trinajstić information content (AvgIpc) is 2.51. The monoisotopic (exact) mass is 339 g/mol. The SMILES string of the molecule is CC(=O)NCCNC(=O)c1cccc(N2CCCCS2(=O)=O)c1. The summed E-state index contributed by atoms with van der Waals surface area (Å²) in [5, 5.41) is 5.27. The Bertz CT molecular complexity index is 688. The Labute approximate surface area is 136 Å². The molecule has 0 atom stereocenters. The van der Waals surface area contributed by atoms with Crippen molar-refractivity contribution in [1.29, 1.82) is 0 Å². The average molecular weight is 339 g/mol. The molecule has 2 amide bonds. The second kappa shape index (κ2) is 7.45. The molecule has 23 heavy (non-hydrogen) atoms. The number of rotatable bonds is 5. The van der Waals surface area contributed by atoms with Crippen molar-refractivity contribution < 1.29 is 18.0 Å². The lowest BCUT2D eigenvalue weighted by Crippen LogP contribution is -2.38. The zero-order valence-electron chi connectivity index (χ0n) is 13.0. The first-order valence-corrected chi connectivity index (χ1v) is 9.14. The van der Waals surface area contributed by atoms with Gasteiger partial charge in [-0.15, -0.1) is 0 Å². The van der Waals surface area contributed by atoms with Gasteiger partial charge < -0.3 is 10.6 Å². The van der Waals surface area contributed by atoms with Crippen LogP contribution in [-0.4, -0.2) is 45.6 Å². The number of nitrogens with zero attached hydrogens (tertiary/aromatic N) is 1. The molecule has 0 spiro atoms. The highest BCUT2D eigenvalue weighted by atomic mass is 32.2. The molecular formula is C15H21N3O4S. The van der Waals surface area contributed by atoms with Crippen LogP contribution in [0.3, 0.4) is 0 Å². The molecule has 126 valence electrons. The van der Waals surface area contributed by atoms with Crippen molar-refractivity contribution in [3.05, 3.63) is 29.8 Å². The van der Waals surface area contributed by atoms with Crippen molar-refractivity contribution in [2.75, 3.05) is 29.7 Å². The van der Waals surface area contributed by atoms with Gasteiger partial charge in [-0.3, -0.25) is 13.9 Å². The molecule has 2 N–H and O–H groups in total. The lowest BCUT2D eigenvalue weighted by Gasteiger charge is -2.28. The van der Waals surface area contributed by atoms with Crippen molar-refractivity contribution in [2.45, 2.75) is 19.8 Å². The zero-order chi connectivity index (χ0) is 16.9. The summed E-state index contributed by atoms with van der Waals surface area (Å²) < 4.78 is 25.6. The maximum atomic E-state index is 12.1. The first-order chi connectivity index (χ1) is 10.9. The number of amides is 2. The van der Waals surface area contributed by atoms with Gasteiger partial charge in [0.1, 0.15) is 0 Å². The molecule has 7 nitrogen and oxygen atoms in total. The van der Waals surface area contributed by atoms with Crippen LogP contribution in [0.2, 0.25) is 0 Å². The van der Waals surface area contributed by atoms with Gasteiger partial charge in [0.2, 0.25) is 15.9 Å². The molecule has 0 aromatic heterocycles. The standard InChI is InChI=1S/C15H21N3O4S/c1-12(19)16-7-8-17-15(20)13-5-4-6-14(11-13)18-9-2-3-10-23(18,21)22/h4-6,11H,2-3,7-10H2,1H3,(H,16,19)(H,17,20). The van der Waals surface area contributed by atoms with E-state index in [1.807, 2.05) is 0 Å². The van der Waals surface area contributed by atoms with Gasteiger partial charge in [0.15, 0.2) is 0 Å². The van der Waals surface area contributed by atoms with Gasteiger partial charge in [0.05, 0.1) is 11.4 Å². The molecule has 1 fully saturated rings. The van der Waals surface area contributed by atoms with Crippen LogP contribution in [0, 0.1) is 0 Å². The smallest absolute Gasteiger partial charge is 0.251 e. The lowest BCUT2D eigenvalue weighted by molar-refractivity contribution is -0.118. The summed E-state index contributed by atoms with van der Waals surface area (Å²) in [6.07, 6.45) is 1.48. The highest BCUT2D eigenvalue weighted by molar-refractivity contribution is 7.92. The highest BCUT2D eigenvalue weighted by Gasteiger charge is 2.26. The number of hydrogen-bond donors (Lipinski definition) is 2. The van der Waals surface area contributed by atoms with Crippen LogP contribution in [0.5, 0.6) is 0 Å². The molecule has 0 unspecified atom stereocenters. The molecule has 0 bridgehead atoms. The molecule has 1 saturated heterocycles. The van der Waals surface area contributed by atoms with Crippen molar-refractivity contribution in [2.24, 2.45) is 0 Å². The molecule has 1 aromatic carbocycles. The Balaban J connectivity index is 2.04. The topological polar surface area (TPSA) is 95.6 Å². The minimum absolute atomic E-state index is 0.139. The zero-order valence-corrected chi connectivity index (χ0v) is 13.9. The number of anilines is 1. The number of nitrogens with one attached hydrogen (secondary N) is 2. The predicted octanol–water partition coefficient (Wildman–Crippen LogP) is 0.482. The lowest BCUT2D eigenvalue weighted by atomic mass is 10.2. The summed E-state index contributed by atoms with van der Waals surface area (Å²) in [7, 11) is -3.30. The molecule has 1 heterocycles. The van der Waals surface area contributed by atoms with Crippen LogP contribution in [0.25, 0.3) is 0 Å². The third-order valence-electron chi connectivity index (χ3n) is 3.53. The molecule has 1 aromatic rings. The van der Waals surface area contributed by atoms with Gasteiger partial charge in [-0.25, -0.2) is 8.42 Å². The van der Waals surface area contributed by atoms with Crippen LogP contribution in [0.1, 0.15) is 30.1 Å². The quantitative estimate of drug-likeness (QED) is 0.763. The Morgan fingerprint density at radius 1 is 1.17 bits per heavy atom. The second-order valence-corrected chi connectivity index (χ2v) is 7.40. The van der Waals surface area contributed by atoms with Crippen LogP contribution in [0.4, 0.5) is 5.69 Å². The summed E-state index contributed by atoms with van der Waals surface area (Å²) >= 11 is 0. The number of carbonyl (C=O) groups excluding carboxylic acids is 2. The fourth-order valence-electron chi connectivity index (χ4n) is 2.40. The van der Waals surface area contributed by atoms with Crippen LogP contribution in [0.15, 0.2) is 24.3 Å². The number of carbonyl (C=O) groups is 2. The van der Waals surface area contributed by atoms with E-state index in [9.17, 15) is 18.0 Å². The van der Waals surface area contributed by atoms with E-state index in [-0.39, 0.29) is 17.6 Å². The fraction of sp³-hybridized carbons (Fsp3) is 0.467. The summed E-state index contributed by atoms with van der Waals surface area (Å²) in [5.41, 5.74) is 0.908. The van der Waals surface area contributed by atoms with Gasteiger partial charge in [-0.05, 0) is 31.0 Å². The van der Waals surface area contributed by atoms with Crippen molar-refractivity contribution >= 4 is 27.5 Å². The maximum Gasteiger partial charge on any atom is 0.251 e. The highest BCUT2D eigenvalue weighted by Crippen LogP contribution is 2.24. The van der Waals surface area contributed by atoms with E-state index >= 15 is 0 Å². The van der Waals surface area contributed by atoms with Crippen LogP contribution >= 0.6 is 0 Å². The largest absolute Gasteiger partial charge is 0.355 e. The number of sulfonamides is 1. The number of hydrogen-bond acceptors (Lipinski definition) is 4. The normalized spacial score (nSPS) is 16.7. The number of benzene rings is 1. The third-order valence-corrected chi connectivity index (χ3v) is 5.40. The van der Waals surface area contributed by atoms with Crippen LogP contribution in [-0.2, 0) is 14.8 Å². The van der Waals surface area contributed by atoms with E-state index in [4.69, 9.17) is 0 Å². The minimum Gasteiger partial charge on any atom is -0.355 e. The van der Waals surface area contributed by atoms with Gasteiger partial charge in [0.25, 0.3) is 5.91 Å². The molecule has 0 saturated carbocycles. The van der Waals surface area contributed by atoms with Gasteiger partial charge >= 0.3 is 0 Å². The van der Waals surface area contributed by atoms with E-state index in [1.165, 1.54) is 11.2 Å². The third kappa shape index (κ3) is 4.69. The Hall–Kier alpha value is -2.09. The summed E-state index contributed by atoms with van der Waals surface area (Å²) in [4.78, 5) is 22.8. The van der Waals surface area contributed by atoms with Gasteiger partial charge in [-0.2, -0.15) is 0 Å². The van der Waals surface area contributed by atoms with E-state index in [2.05, 4.69) is 10.6 Å². The van der Waals surface area contributed by atoms with E-state index in [0.29, 0.717) is 37.3 Å². The Morgan fingerprint density at radius 2 is 1.91 bits per heavy atom. The molecular weight excluding hydrogens is 318 g/mol. The van der Waals surface area contributed by atoms with Gasteiger partial charge in [0, 0.05) is 32.1 Å². The second-order valence-electron chi connectivity index (χ2n) is 5.38. The molecule has 0 aliphatic carbocycles. The summed E-state index contributed by atoms with van der Waals surface area (Å²) in [6, 6.07) is 6.57. The van der Waals surface area contributed by atoms with Gasteiger partial charge in [-0.1, -0.05) is 6.07 Å². The molecule has 1 aliphatic rings. The molecule has 1 aliphatic heterocycles.